The number of aryl methyl sites for hydroxylation is 1. The van der Waals surface area contributed by atoms with Gasteiger partial charge in [0.2, 0.25) is 0 Å². The van der Waals surface area contributed by atoms with Crippen LogP contribution in [0, 0.1) is 0 Å². The van der Waals surface area contributed by atoms with Crippen LogP contribution in [0.25, 0.3) is 0 Å². The molecule has 0 radical (unpaired) electrons. The highest BCUT2D eigenvalue weighted by Gasteiger charge is 2.00. The maximum atomic E-state index is 9.26. The van der Waals surface area contributed by atoms with Crippen molar-refractivity contribution in [2.45, 2.75) is 44.6 Å². The molecule has 0 spiro atoms. The van der Waals surface area contributed by atoms with E-state index in [4.69, 9.17) is 0 Å². The summed E-state index contributed by atoms with van der Waals surface area (Å²) in [6.07, 6.45) is 7.15. The molecule has 21 heavy (non-hydrogen) atoms. The number of thioether (sulfide) groups is 1. The Balaban J connectivity index is 0.00000191. The van der Waals surface area contributed by atoms with E-state index in [1.165, 1.54) is 16.0 Å². The average Bonchev–Trinajstić information content (AvgIpc) is 2.52. The number of benzene rings is 1. The van der Waals surface area contributed by atoms with Crippen molar-refractivity contribution in [3.8, 4) is 0 Å². The lowest BCUT2D eigenvalue weighted by Gasteiger charge is -2.06. The molecule has 0 saturated carbocycles. The van der Waals surface area contributed by atoms with Crippen LogP contribution >= 0.6 is 11.8 Å². The number of allylic oxidation sites excluding steroid dienone is 3. The first-order valence-corrected chi connectivity index (χ1v) is 8.48. The van der Waals surface area contributed by atoms with Crippen LogP contribution in [0.15, 0.2) is 66.1 Å². The van der Waals surface area contributed by atoms with E-state index in [1.807, 2.05) is 32.9 Å². The van der Waals surface area contributed by atoms with Crippen molar-refractivity contribution in [1.29, 1.82) is 0 Å². The molecule has 0 fully saturated rings. The van der Waals surface area contributed by atoms with Gasteiger partial charge >= 0.3 is 0 Å². The van der Waals surface area contributed by atoms with Crippen molar-refractivity contribution < 1.29 is 5.11 Å². The number of aliphatic hydroxyl groups is 1. The van der Waals surface area contributed by atoms with Crippen molar-refractivity contribution in [3.05, 3.63) is 66.8 Å². The molecular formula is C19H28OS. The van der Waals surface area contributed by atoms with Crippen molar-refractivity contribution in [2.75, 3.05) is 5.75 Å². The van der Waals surface area contributed by atoms with E-state index in [0.717, 1.165) is 18.6 Å². The molecule has 1 nitrogen and oxygen atoms in total. The lowest BCUT2D eigenvalue weighted by Crippen LogP contribution is -2.01. The van der Waals surface area contributed by atoms with Crippen LogP contribution in [-0.4, -0.2) is 17.0 Å². The zero-order valence-electron chi connectivity index (χ0n) is 13.5. The highest BCUT2D eigenvalue weighted by Crippen LogP contribution is 2.22. The van der Waals surface area contributed by atoms with Crippen molar-refractivity contribution >= 4 is 11.8 Å². The predicted molar refractivity (Wildman–Crippen MR) is 97.0 cm³/mol. The van der Waals surface area contributed by atoms with E-state index < -0.39 is 0 Å². The fourth-order valence-electron chi connectivity index (χ4n) is 1.62. The van der Waals surface area contributed by atoms with E-state index in [2.05, 4.69) is 37.4 Å². The lowest BCUT2D eigenvalue weighted by molar-refractivity contribution is 0.185. The van der Waals surface area contributed by atoms with E-state index in [-0.39, 0.29) is 6.10 Å². The van der Waals surface area contributed by atoms with Crippen LogP contribution in [-0.2, 0) is 6.42 Å². The van der Waals surface area contributed by atoms with Gasteiger partial charge in [-0.05, 0) is 43.0 Å². The summed E-state index contributed by atoms with van der Waals surface area (Å²) < 4.78 is 0. The third-order valence-corrected chi connectivity index (χ3v) is 3.86. The molecule has 1 aromatic rings. The highest BCUT2D eigenvalue weighted by molar-refractivity contribution is 7.99. The second-order valence-electron chi connectivity index (χ2n) is 4.50. The number of hydrogen-bond donors (Lipinski definition) is 1. The molecule has 116 valence electrons. The van der Waals surface area contributed by atoms with Crippen LogP contribution < -0.4 is 0 Å². The van der Waals surface area contributed by atoms with E-state index in [1.54, 1.807) is 17.8 Å². The van der Waals surface area contributed by atoms with Gasteiger partial charge in [0.1, 0.15) is 0 Å². The molecule has 0 heterocycles. The SMILES string of the molecule is C=C/C=C(\C=C)CSc1ccc(CCC(C)O)cc1.CC. The van der Waals surface area contributed by atoms with Crippen LogP contribution in [0.3, 0.4) is 0 Å². The Morgan fingerprint density at radius 1 is 1.24 bits per heavy atom. The maximum Gasteiger partial charge on any atom is 0.0515 e. The molecular weight excluding hydrogens is 276 g/mol. The van der Waals surface area contributed by atoms with Crippen molar-refractivity contribution in [3.63, 3.8) is 0 Å². The first kappa shape index (κ1) is 19.8. The first-order chi connectivity index (χ1) is 10.2. The Hall–Kier alpha value is -1.25. The fourth-order valence-corrected chi connectivity index (χ4v) is 2.50. The van der Waals surface area contributed by atoms with Gasteiger partial charge in [0.15, 0.2) is 0 Å². The van der Waals surface area contributed by atoms with Gasteiger partial charge < -0.3 is 5.11 Å². The minimum atomic E-state index is -0.228. The number of rotatable bonds is 8. The summed E-state index contributed by atoms with van der Waals surface area (Å²) in [5.74, 6) is 0.905. The zero-order chi connectivity index (χ0) is 16.1. The van der Waals surface area contributed by atoms with Crippen LogP contribution in [0.4, 0.5) is 0 Å². The Labute approximate surface area is 134 Å². The maximum absolute atomic E-state index is 9.26. The van der Waals surface area contributed by atoms with Gasteiger partial charge in [-0.15, -0.1) is 11.8 Å². The smallest absolute Gasteiger partial charge is 0.0515 e. The molecule has 0 amide bonds. The molecule has 1 unspecified atom stereocenters. The second-order valence-corrected chi connectivity index (χ2v) is 5.55. The molecule has 1 atom stereocenters. The van der Waals surface area contributed by atoms with Gasteiger partial charge in [-0.2, -0.15) is 0 Å². The lowest BCUT2D eigenvalue weighted by atomic mass is 10.1. The van der Waals surface area contributed by atoms with Crippen LogP contribution in [0.1, 0.15) is 32.8 Å². The van der Waals surface area contributed by atoms with Crippen LogP contribution in [0.2, 0.25) is 0 Å². The Morgan fingerprint density at radius 2 is 1.86 bits per heavy atom. The number of hydrogen-bond acceptors (Lipinski definition) is 2. The summed E-state index contributed by atoms with van der Waals surface area (Å²) in [4.78, 5) is 1.25. The highest BCUT2D eigenvalue weighted by atomic mass is 32.2. The zero-order valence-corrected chi connectivity index (χ0v) is 14.3. The van der Waals surface area contributed by atoms with E-state index >= 15 is 0 Å². The van der Waals surface area contributed by atoms with E-state index in [9.17, 15) is 5.11 Å². The molecule has 0 aliphatic carbocycles. The topological polar surface area (TPSA) is 20.2 Å². The summed E-state index contributed by atoms with van der Waals surface area (Å²) in [6, 6.07) is 8.54. The third kappa shape index (κ3) is 9.33. The average molecular weight is 304 g/mol. The summed E-state index contributed by atoms with van der Waals surface area (Å²) in [7, 11) is 0. The third-order valence-electron chi connectivity index (χ3n) is 2.77. The van der Waals surface area contributed by atoms with Crippen LogP contribution in [0.5, 0.6) is 0 Å². The molecule has 1 rings (SSSR count). The van der Waals surface area contributed by atoms with Gasteiger partial charge in [0, 0.05) is 10.6 Å². The van der Waals surface area contributed by atoms with Gasteiger partial charge in [0.25, 0.3) is 0 Å². The standard InChI is InChI=1S/C17H22OS.C2H6/c1-4-6-15(5-2)13-19-17-11-9-16(10-12-17)8-7-14(3)18;1-2/h4-6,9-12,14,18H,1-2,7-8,13H2,3H3;1-2H3/b15-6+;. The fraction of sp³-hybridized carbons (Fsp3) is 0.368. The Kier molecular flexibility index (Phi) is 11.7. The van der Waals surface area contributed by atoms with Crippen molar-refractivity contribution in [2.24, 2.45) is 0 Å². The minimum Gasteiger partial charge on any atom is -0.393 e. The van der Waals surface area contributed by atoms with Gasteiger partial charge in [-0.25, -0.2) is 0 Å². The van der Waals surface area contributed by atoms with E-state index in [0.29, 0.717) is 0 Å². The summed E-state index contributed by atoms with van der Waals surface area (Å²) in [6.45, 7) is 13.3. The van der Waals surface area contributed by atoms with Gasteiger partial charge in [-0.3, -0.25) is 0 Å². The first-order valence-electron chi connectivity index (χ1n) is 7.49. The van der Waals surface area contributed by atoms with Gasteiger partial charge in [-0.1, -0.05) is 57.4 Å². The molecule has 0 saturated heterocycles. The largest absolute Gasteiger partial charge is 0.393 e. The molecule has 0 bridgehead atoms. The van der Waals surface area contributed by atoms with Gasteiger partial charge in [0.05, 0.1) is 6.10 Å². The Morgan fingerprint density at radius 3 is 2.33 bits per heavy atom. The normalized spacial score (nSPS) is 12.1. The van der Waals surface area contributed by atoms with Crippen molar-refractivity contribution in [1.82, 2.24) is 0 Å². The quantitative estimate of drug-likeness (QED) is 0.511. The molecule has 0 aliphatic heterocycles. The predicted octanol–water partition coefficient (Wildman–Crippen LogP) is 5.42. The minimum absolute atomic E-state index is 0.228. The summed E-state index contributed by atoms with van der Waals surface area (Å²) in [5.41, 5.74) is 2.45. The number of aliphatic hydroxyl groups excluding tert-OH is 1. The Bertz CT molecular complexity index is 429. The second kappa shape index (κ2) is 12.5. The summed E-state index contributed by atoms with van der Waals surface area (Å²) >= 11 is 1.79. The molecule has 1 aromatic carbocycles. The molecule has 0 aliphatic rings. The monoisotopic (exact) mass is 304 g/mol. The molecule has 0 aromatic heterocycles. The summed E-state index contributed by atoms with van der Waals surface area (Å²) in [5, 5.41) is 9.26. The molecule has 1 N–H and O–H groups in total. The molecule has 2 heteroatoms.